The normalized spacial score (nSPS) is 18.9. The predicted molar refractivity (Wildman–Crippen MR) is 124 cm³/mol. The molecule has 31 heavy (non-hydrogen) atoms. The summed E-state index contributed by atoms with van der Waals surface area (Å²) in [4.78, 5) is 4.68. The molecule has 0 spiro atoms. The average Bonchev–Trinajstić information content (AvgIpc) is 2.72. The van der Waals surface area contributed by atoms with Crippen LogP contribution in [0.1, 0.15) is 69.2 Å². The van der Waals surface area contributed by atoms with Gasteiger partial charge in [-0.25, -0.2) is 16.7 Å². The maximum absolute atomic E-state index is 6.47. The van der Waals surface area contributed by atoms with Gasteiger partial charge in [-0.3, -0.25) is 5.01 Å². The Bertz CT molecular complexity index is 797. The summed E-state index contributed by atoms with van der Waals surface area (Å²) in [5.41, 5.74) is 9.03. The van der Waals surface area contributed by atoms with Crippen molar-refractivity contribution in [2.24, 2.45) is 34.3 Å². The van der Waals surface area contributed by atoms with E-state index in [9.17, 15) is 0 Å². The Morgan fingerprint density at radius 2 is 1.84 bits per heavy atom. The van der Waals surface area contributed by atoms with E-state index in [1.807, 2.05) is 19.1 Å². The molecule has 0 aromatic carbocycles. The van der Waals surface area contributed by atoms with Crippen molar-refractivity contribution in [2.45, 2.75) is 70.8 Å². The SMILES string of the molecule is Cc1nc(/C(N)=C(\CN(N)/C(CC2CCC2)=N\N)N(C)N)ccc1OC1CCCCC1. The van der Waals surface area contributed by atoms with E-state index in [-0.39, 0.29) is 12.6 Å². The maximum Gasteiger partial charge on any atom is 0.140 e. The van der Waals surface area contributed by atoms with E-state index >= 15 is 0 Å². The van der Waals surface area contributed by atoms with Crippen molar-refractivity contribution < 1.29 is 4.74 Å². The summed E-state index contributed by atoms with van der Waals surface area (Å²) in [5.74, 6) is 20.0. The van der Waals surface area contributed by atoms with Crippen molar-refractivity contribution >= 4 is 11.5 Å². The fourth-order valence-corrected chi connectivity index (χ4v) is 4.17. The van der Waals surface area contributed by atoms with Crippen LogP contribution in [0.25, 0.3) is 5.70 Å². The minimum Gasteiger partial charge on any atom is -0.489 e. The van der Waals surface area contributed by atoms with Gasteiger partial charge in [0.25, 0.3) is 0 Å². The number of likely N-dealkylation sites (N-methyl/N-ethyl adjacent to an activating group) is 1. The summed E-state index contributed by atoms with van der Waals surface area (Å²) >= 11 is 0. The van der Waals surface area contributed by atoms with Gasteiger partial charge in [-0.2, -0.15) is 5.10 Å². The number of amidine groups is 1. The number of aryl methyl sites for hydroxylation is 1. The van der Waals surface area contributed by atoms with Crippen molar-refractivity contribution in [1.82, 2.24) is 15.0 Å². The first kappa shape index (κ1) is 23.1. The third kappa shape index (κ3) is 6.01. The molecule has 0 aliphatic heterocycles. The van der Waals surface area contributed by atoms with Crippen LogP contribution in [0.15, 0.2) is 22.9 Å². The summed E-state index contributed by atoms with van der Waals surface area (Å²) in [5, 5.41) is 6.89. The van der Waals surface area contributed by atoms with Gasteiger partial charge in [0.15, 0.2) is 0 Å². The molecule has 3 rings (SSSR count). The van der Waals surface area contributed by atoms with Crippen LogP contribution < -0.4 is 28.0 Å². The molecule has 8 N–H and O–H groups in total. The lowest BCUT2D eigenvalue weighted by Crippen LogP contribution is -2.44. The molecule has 2 fully saturated rings. The van der Waals surface area contributed by atoms with Crippen LogP contribution in [0.4, 0.5) is 0 Å². The van der Waals surface area contributed by atoms with Gasteiger partial charge >= 0.3 is 0 Å². The number of hydrogen-bond acceptors (Lipinski definition) is 8. The Morgan fingerprint density at radius 3 is 2.39 bits per heavy atom. The molecule has 9 nitrogen and oxygen atoms in total. The van der Waals surface area contributed by atoms with Gasteiger partial charge in [-0.1, -0.05) is 25.7 Å². The van der Waals surface area contributed by atoms with E-state index in [0.717, 1.165) is 30.7 Å². The number of pyridine rings is 1. The van der Waals surface area contributed by atoms with Gasteiger partial charge in [-0.05, 0) is 50.7 Å². The van der Waals surface area contributed by atoms with Crippen LogP contribution in [-0.4, -0.2) is 40.5 Å². The lowest BCUT2D eigenvalue weighted by molar-refractivity contribution is 0.153. The van der Waals surface area contributed by atoms with E-state index in [2.05, 4.69) is 10.1 Å². The lowest BCUT2D eigenvalue weighted by Gasteiger charge is -2.30. The summed E-state index contributed by atoms with van der Waals surface area (Å²) in [6, 6.07) is 3.81. The number of nitrogens with two attached hydrogens (primary N) is 4. The Labute approximate surface area is 185 Å². The zero-order valence-corrected chi connectivity index (χ0v) is 18.9. The molecule has 2 saturated carbocycles. The second-order valence-corrected chi connectivity index (χ2v) is 8.80. The molecule has 0 atom stereocenters. The second-order valence-electron chi connectivity index (χ2n) is 8.80. The highest BCUT2D eigenvalue weighted by Gasteiger charge is 2.23. The molecule has 172 valence electrons. The first-order chi connectivity index (χ1) is 14.9. The molecule has 0 bridgehead atoms. The van der Waals surface area contributed by atoms with Crippen LogP contribution in [0.2, 0.25) is 0 Å². The predicted octanol–water partition coefficient (Wildman–Crippen LogP) is 2.17. The molecule has 2 aliphatic rings. The molecule has 1 heterocycles. The Hall–Kier alpha value is -2.52. The van der Waals surface area contributed by atoms with Crippen molar-refractivity contribution in [3.63, 3.8) is 0 Å². The molecular formula is C22H38N8O. The van der Waals surface area contributed by atoms with Crippen LogP contribution in [0, 0.1) is 12.8 Å². The highest BCUT2D eigenvalue weighted by molar-refractivity contribution is 5.82. The third-order valence-electron chi connectivity index (χ3n) is 6.39. The van der Waals surface area contributed by atoms with Gasteiger partial charge in [0.1, 0.15) is 11.6 Å². The second kappa shape index (κ2) is 10.7. The zero-order chi connectivity index (χ0) is 22.4. The molecule has 1 aromatic rings. The fraction of sp³-hybridized carbons (Fsp3) is 0.636. The van der Waals surface area contributed by atoms with Crippen molar-refractivity contribution in [2.75, 3.05) is 13.6 Å². The van der Waals surface area contributed by atoms with Crippen LogP contribution in [-0.2, 0) is 0 Å². The number of hydrazine groups is 2. The minimum absolute atomic E-state index is 0.272. The Morgan fingerprint density at radius 1 is 1.13 bits per heavy atom. The monoisotopic (exact) mass is 430 g/mol. The van der Waals surface area contributed by atoms with Crippen LogP contribution in [0.5, 0.6) is 5.75 Å². The first-order valence-electron chi connectivity index (χ1n) is 11.3. The maximum atomic E-state index is 6.47. The number of rotatable bonds is 8. The number of hydrogen-bond donors (Lipinski definition) is 4. The largest absolute Gasteiger partial charge is 0.489 e. The summed E-state index contributed by atoms with van der Waals surface area (Å²) in [6.45, 7) is 2.22. The number of hydrazone groups is 1. The molecule has 2 aliphatic carbocycles. The molecular weight excluding hydrogens is 392 g/mol. The topological polar surface area (TPSA) is 145 Å². The van der Waals surface area contributed by atoms with Crippen molar-refractivity contribution in [3.8, 4) is 5.75 Å². The van der Waals surface area contributed by atoms with Gasteiger partial charge in [-0.15, -0.1) is 0 Å². The lowest BCUT2D eigenvalue weighted by atomic mass is 9.82. The van der Waals surface area contributed by atoms with E-state index in [1.54, 1.807) is 7.05 Å². The van der Waals surface area contributed by atoms with Crippen LogP contribution in [0.3, 0.4) is 0 Å². The van der Waals surface area contributed by atoms with Gasteiger partial charge in [0.2, 0.25) is 0 Å². The van der Waals surface area contributed by atoms with Crippen LogP contribution >= 0.6 is 0 Å². The number of ether oxygens (including phenoxy) is 1. The van der Waals surface area contributed by atoms with Gasteiger partial charge in [0, 0.05) is 13.5 Å². The third-order valence-corrected chi connectivity index (χ3v) is 6.39. The minimum atomic E-state index is 0.272. The van der Waals surface area contributed by atoms with Gasteiger partial charge in [0.05, 0.1) is 35.4 Å². The number of aromatic nitrogens is 1. The van der Waals surface area contributed by atoms with E-state index in [4.69, 9.17) is 28.0 Å². The smallest absolute Gasteiger partial charge is 0.140 e. The van der Waals surface area contributed by atoms with E-state index in [0.29, 0.717) is 28.8 Å². The molecule has 0 saturated heterocycles. The molecule has 1 aromatic heterocycles. The van der Waals surface area contributed by atoms with E-state index in [1.165, 1.54) is 48.5 Å². The molecule has 0 radical (unpaired) electrons. The van der Waals surface area contributed by atoms with Crippen molar-refractivity contribution in [1.29, 1.82) is 0 Å². The standard InChI is InChI=1S/C22H38N8O/c1-15-20(31-17-9-4-3-5-10-17)12-11-18(27-15)22(23)19(29(2)25)14-30(26)21(28-24)13-16-7-6-8-16/h11-12,16-17H,3-10,13-14,23-26H2,1-2H3/b22-19-,28-21-. The molecule has 0 unspecified atom stereocenters. The summed E-state index contributed by atoms with van der Waals surface area (Å²) < 4.78 is 6.18. The fourth-order valence-electron chi connectivity index (χ4n) is 4.17. The highest BCUT2D eigenvalue weighted by Crippen LogP contribution is 2.30. The highest BCUT2D eigenvalue weighted by atomic mass is 16.5. The first-order valence-corrected chi connectivity index (χ1v) is 11.3. The van der Waals surface area contributed by atoms with Gasteiger partial charge < -0.3 is 21.3 Å². The average molecular weight is 431 g/mol. The summed E-state index contributed by atoms with van der Waals surface area (Å²) in [7, 11) is 1.73. The molecule has 9 heteroatoms. The molecule has 0 amide bonds. The van der Waals surface area contributed by atoms with E-state index < -0.39 is 0 Å². The summed E-state index contributed by atoms with van der Waals surface area (Å²) in [6.07, 6.45) is 10.6. The van der Waals surface area contributed by atoms with Crippen molar-refractivity contribution in [3.05, 3.63) is 29.2 Å². The Kier molecular flexibility index (Phi) is 7.97. The Balaban J connectivity index is 1.74. The number of nitrogens with zero attached hydrogens (tertiary/aromatic N) is 4. The zero-order valence-electron chi connectivity index (χ0n) is 18.9. The quantitative estimate of drug-likeness (QED) is 0.212.